The van der Waals surface area contributed by atoms with Gasteiger partial charge in [0.15, 0.2) is 0 Å². The molecule has 0 unspecified atom stereocenters. The Kier molecular flexibility index (Phi) is 4.98. The van der Waals surface area contributed by atoms with Gasteiger partial charge in [-0.2, -0.15) is 5.10 Å². The van der Waals surface area contributed by atoms with Crippen LogP contribution in [0.3, 0.4) is 0 Å². The first-order valence-electron chi connectivity index (χ1n) is 9.45. The molecule has 144 valence electrons. The van der Waals surface area contributed by atoms with Crippen LogP contribution in [0.15, 0.2) is 30.3 Å². The van der Waals surface area contributed by atoms with Gasteiger partial charge in [-0.1, -0.05) is 0 Å². The van der Waals surface area contributed by atoms with Gasteiger partial charge in [0.1, 0.15) is 17.3 Å². The highest BCUT2D eigenvalue weighted by Crippen LogP contribution is 2.22. The van der Waals surface area contributed by atoms with E-state index in [1.165, 1.54) is 12.1 Å². The number of H-pyrrole nitrogens is 1. The molecule has 27 heavy (non-hydrogen) atoms. The second-order valence-electron chi connectivity index (χ2n) is 7.25. The smallest absolute Gasteiger partial charge is 0.271 e. The Morgan fingerprint density at radius 1 is 1.15 bits per heavy atom. The van der Waals surface area contributed by atoms with Crippen molar-refractivity contribution in [3.8, 4) is 0 Å². The number of aromatic nitrogens is 2. The van der Waals surface area contributed by atoms with Gasteiger partial charge in [-0.15, -0.1) is 0 Å². The molecule has 2 fully saturated rings. The van der Waals surface area contributed by atoms with Gasteiger partial charge in [-0.05, 0) is 37.1 Å². The van der Waals surface area contributed by atoms with Crippen LogP contribution >= 0.6 is 0 Å². The Labute approximate surface area is 157 Å². The lowest BCUT2D eigenvalue weighted by Crippen LogP contribution is -2.55. The number of nitrogens with zero attached hydrogens (tertiary/aromatic N) is 4. The standard InChI is InChI=1S/C19H25FN6O/c20-14-3-5-15(6-4-14)24-8-10-25(11-9-24)16-2-1-7-26(13-16)19(27)17-12-18(21)23-22-17/h3-6,12,16H,1-2,7-11,13H2,(H3,21,22,23)/t16-/m0/s1. The average molecular weight is 372 g/mol. The molecule has 0 saturated carbocycles. The third-order valence-corrected chi connectivity index (χ3v) is 5.53. The number of nitrogens with one attached hydrogen (secondary N) is 1. The third kappa shape index (κ3) is 3.90. The lowest BCUT2D eigenvalue weighted by molar-refractivity contribution is 0.0558. The molecule has 1 aromatic carbocycles. The molecule has 1 aromatic heterocycles. The van der Waals surface area contributed by atoms with Crippen LogP contribution in [-0.4, -0.2) is 71.2 Å². The first-order chi connectivity index (χ1) is 13.1. The quantitative estimate of drug-likeness (QED) is 0.855. The van der Waals surface area contributed by atoms with E-state index >= 15 is 0 Å². The van der Waals surface area contributed by atoms with Crippen molar-refractivity contribution in [2.24, 2.45) is 0 Å². The highest BCUT2D eigenvalue weighted by atomic mass is 19.1. The van der Waals surface area contributed by atoms with E-state index in [1.807, 2.05) is 17.0 Å². The SMILES string of the molecule is Nc1cc(C(=O)N2CCC[C@H](N3CCN(c4ccc(F)cc4)CC3)C2)[nH]n1. The fraction of sp³-hybridized carbons (Fsp3) is 0.474. The number of carbonyl (C=O) groups excluding carboxylic acids is 1. The van der Waals surface area contributed by atoms with Crippen molar-refractivity contribution in [1.29, 1.82) is 0 Å². The van der Waals surface area contributed by atoms with Crippen LogP contribution in [0.1, 0.15) is 23.3 Å². The molecule has 2 saturated heterocycles. The molecule has 4 rings (SSSR count). The Balaban J connectivity index is 1.34. The van der Waals surface area contributed by atoms with Crippen LogP contribution in [-0.2, 0) is 0 Å². The number of piperazine rings is 1. The first-order valence-corrected chi connectivity index (χ1v) is 9.45. The molecule has 0 radical (unpaired) electrons. The van der Waals surface area contributed by atoms with Gasteiger partial charge in [0.25, 0.3) is 5.91 Å². The number of aromatic amines is 1. The minimum atomic E-state index is -0.205. The molecule has 0 aliphatic carbocycles. The molecule has 2 aromatic rings. The molecule has 2 aliphatic rings. The number of hydrogen-bond donors (Lipinski definition) is 2. The van der Waals surface area contributed by atoms with Gasteiger partial charge in [0.2, 0.25) is 0 Å². The summed E-state index contributed by atoms with van der Waals surface area (Å²) in [5.41, 5.74) is 7.13. The number of benzene rings is 1. The maximum absolute atomic E-state index is 13.1. The summed E-state index contributed by atoms with van der Waals surface area (Å²) in [6.45, 7) is 5.21. The molecular weight excluding hydrogens is 347 g/mol. The number of carbonyl (C=O) groups is 1. The minimum Gasteiger partial charge on any atom is -0.382 e. The Bertz CT molecular complexity index is 784. The topological polar surface area (TPSA) is 81.5 Å². The second kappa shape index (κ2) is 7.56. The largest absolute Gasteiger partial charge is 0.382 e. The van der Waals surface area contributed by atoms with Crippen molar-refractivity contribution in [3.63, 3.8) is 0 Å². The van der Waals surface area contributed by atoms with Crippen LogP contribution in [0.2, 0.25) is 0 Å². The Morgan fingerprint density at radius 3 is 2.56 bits per heavy atom. The number of hydrogen-bond acceptors (Lipinski definition) is 5. The van der Waals surface area contributed by atoms with Crippen LogP contribution in [0.5, 0.6) is 0 Å². The summed E-state index contributed by atoms with van der Waals surface area (Å²) in [6.07, 6.45) is 2.10. The number of rotatable bonds is 3. The van der Waals surface area contributed by atoms with E-state index in [2.05, 4.69) is 20.0 Å². The predicted octanol–water partition coefficient (Wildman–Crippen LogP) is 1.56. The maximum atomic E-state index is 13.1. The van der Waals surface area contributed by atoms with Gasteiger partial charge >= 0.3 is 0 Å². The second-order valence-corrected chi connectivity index (χ2v) is 7.25. The summed E-state index contributed by atoms with van der Waals surface area (Å²) in [5.74, 6) is 0.0982. The van der Waals surface area contributed by atoms with E-state index < -0.39 is 0 Å². The van der Waals surface area contributed by atoms with Gasteiger partial charge < -0.3 is 15.5 Å². The zero-order valence-electron chi connectivity index (χ0n) is 15.3. The van der Waals surface area contributed by atoms with Crippen molar-refractivity contribution in [2.75, 3.05) is 49.9 Å². The van der Waals surface area contributed by atoms with Crippen LogP contribution < -0.4 is 10.6 Å². The number of piperidine rings is 1. The zero-order valence-corrected chi connectivity index (χ0v) is 15.3. The number of nitrogens with two attached hydrogens (primary N) is 1. The summed E-state index contributed by atoms with van der Waals surface area (Å²) in [4.78, 5) is 19.3. The van der Waals surface area contributed by atoms with Crippen molar-refractivity contribution in [1.82, 2.24) is 20.0 Å². The van der Waals surface area contributed by atoms with E-state index in [0.29, 0.717) is 17.6 Å². The molecule has 3 heterocycles. The number of halogens is 1. The highest BCUT2D eigenvalue weighted by Gasteiger charge is 2.30. The molecule has 0 bridgehead atoms. The molecule has 8 heteroatoms. The molecule has 2 aliphatic heterocycles. The number of likely N-dealkylation sites (tertiary alicyclic amines) is 1. The van der Waals surface area contributed by atoms with Crippen molar-refractivity contribution in [3.05, 3.63) is 41.8 Å². The fourth-order valence-electron chi connectivity index (χ4n) is 4.05. The average Bonchev–Trinajstić information content (AvgIpc) is 3.14. The van der Waals surface area contributed by atoms with E-state index in [9.17, 15) is 9.18 Å². The van der Waals surface area contributed by atoms with Gasteiger partial charge in [-0.25, -0.2) is 4.39 Å². The minimum absolute atomic E-state index is 0.0335. The molecule has 1 atom stereocenters. The molecular formula is C19H25FN6O. The third-order valence-electron chi connectivity index (χ3n) is 5.53. The molecule has 7 nitrogen and oxygen atoms in total. The van der Waals surface area contributed by atoms with Crippen molar-refractivity contribution in [2.45, 2.75) is 18.9 Å². The van der Waals surface area contributed by atoms with E-state index in [1.54, 1.807) is 6.07 Å². The van der Waals surface area contributed by atoms with Crippen LogP contribution in [0.25, 0.3) is 0 Å². The summed E-state index contributed by atoms with van der Waals surface area (Å²) in [5, 5.41) is 6.56. The monoisotopic (exact) mass is 372 g/mol. The number of nitrogen functional groups attached to an aromatic ring is 1. The Hall–Kier alpha value is -2.61. The van der Waals surface area contributed by atoms with Crippen LogP contribution in [0, 0.1) is 5.82 Å². The van der Waals surface area contributed by atoms with Crippen molar-refractivity contribution >= 4 is 17.4 Å². The van der Waals surface area contributed by atoms with E-state index in [-0.39, 0.29) is 11.7 Å². The van der Waals surface area contributed by atoms with Gasteiger partial charge in [0.05, 0.1) is 0 Å². The normalized spacial score (nSPS) is 21.4. The van der Waals surface area contributed by atoms with Gasteiger partial charge in [0, 0.05) is 57.1 Å². The van der Waals surface area contributed by atoms with E-state index in [4.69, 9.17) is 5.73 Å². The molecule has 1 amide bonds. The number of anilines is 2. The van der Waals surface area contributed by atoms with E-state index in [0.717, 1.165) is 57.8 Å². The first kappa shape index (κ1) is 17.8. The highest BCUT2D eigenvalue weighted by molar-refractivity contribution is 5.93. The maximum Gasteiger partial charge on any atom is 0.271 e. The van der Waals surface area contributed by atoms with Crippen LogP contribution in [0.4, 0.5) is 15.9 Å². The molecule has 0 spiro atoms. The van der Waals surface area contributed by atoms with Gasteiger partial charge in [-0.3, -0.25) is 14.8 Å². The lowest BCUT2D eigenvalue weighted by atomic mass is 10.0. The Morgan fingerprint density at radius 2 is 1.89 bits per heavy atom. The summed E-state index contributed by atoms with van der Waals surface area (Å²) in [6, 6.07) is 8.65. The predicted molar refractivity (Wildman–Crippen MR) is 102 cm³/mol. The molecule has 3 N–H and O–H groups in total. The zero-order chi connectivity index (χ0) is 18.8. The summed E-state index contributed by atoms with van der Waals surface area (Å²) >= 11 is 0. The fourth-order valence-corrected chi connectivity index (χ4v) is 4.05. The number of amides is 1. The van der Waals surface area contributed by atoms with Crippen molar-refractivity contribution < 1.29 is 9.18 Å². The summed E-state index contributed by atoms with van der Waals surface area (Å²) in [7, 11) is 0. The summed E-state index contributed by atoms with van der Waals surface area (Å²) < 4.78 is 13.1. The lowest BCUT2D eigenvalue weighted by Gasteiger charge is -2.43.